The van der Waals surface area contributed by atoms with Crippen molar-refractivity contribution in [2.45, 2.75) is 13.0 Å². The van der Waals surface area contributed by atoms with Gasteiger partial charge in [-0.2, -0.15) is 0 Å². The van der Waals surface area contributed by atoms with Crippen LogP contribution in [0, 0.1) is 0 Å². The predicted octanol–water partition coefficient (Wildman–Crippen LogP) is 0.757. The summed E-state index contributed by atoms with van der Waals surface area (Å²) < 4.78 is 10.4. The molecule has 2 N–H and O–H groups in total. The second kappa shape index (κ2) is 8.75. The zero-order valence-electron chi connectivity index (χ0n) is 14.2. The number of carbonyl (C=O) groups excluding carboxylic acids is 2. The molecule has 8 heteroatoms. The molecule has 1 atom stereocenters. The van der Waals surface area contributed by atoms with Gasteiger partial charge in [0.05, 0.1) is 25.8 Å². The van der Waals surface area contributed by atoms with E-state index in [1.165, 1.54) is 7.11 Å². The molecule has 134 valence electrons. The Bertz CT molecular complexity index is 587. The Morgan fingerprint density at radius 1 is 1.08 bits per heavy atom. The number of benzene rings is 1. The molecule has 0 unspecified atom stereocenters. The average molecular weight is 358 g/mol. The minimum absolute atomic E-state index is 0. The maximum Gasteiger partial charge on any atom is 0.257 e. The highest BCUT2D eigenvalue weighted by atomic mass is 35.5. The molecule has 0 aliphatic carbocycles. The van der Waals surface area contributed by atoms with E-state index in [2.05, 4.69) is 0 Å². The molecule has 1 fully saturated rings. The first kappa shape index (κ1) is 20.1. The topological polar surface area (TPSA) is 85.1 Å². The van der Waals surface area contributed by atoms with Gasteiger partial charge in [-0.3, -0.25) is 9.59 Å². The molecule has 1 aliphatic rings. The first-order chi connectivity index (χ1) is 11.0. The summed E-state index contributed by atoms with van der Waals surface area (Å²) in [6.45, 7) is 3.61. The van der Waals surface area contributed by atoms with E-state index >= 15 is 0 Å². The van der Waals surface area contributed by atoms with Gasteiger partial charge in [0, 0.05) is 32.2 Å². The number of amides is 2. The van der Waals surface area contributed by atoms with E-state index < -0.39 is 6.04 Å². The Morgan fingerprint density at radius 2 is 1.67 bits per heavy atom. The SMILES string of the molecule is COc1ccc(C(=O)N2CCN(C(=O)[C@H](C)N)CC2)c(OC)c1.Cl. The van der Waals surface area contributed by atoms with Crippen molar-refractivity contribution in [1.82, 2.24) is 9.80 Å². The number of halogens is 1. The van der Waals surface area contributed by atoms with Gasteiger partial charge in [0.2, 0.25) is 5.91 Å². The normalized spacial score (nSPS) is 15.3. The fourth-order valence-electron chi connectivity index (χ4n) is 2.56. The van der Waals surface area contributed by atoms with Crippen molar-refractivity contribution in [3.63, 3.8) is 0 Å². The number of nitrogens with two attached hydrogens (primary N) is 1. The van der Waals surface area contributed by atoms with Crippen molar-refractivity contribution in [2.24, 2.45) is 5.73 Å². The second-order valence-corrected chi connectivity index (χ2v) is 5.47. The summed E-state index contributed by atoms with van der Waals surface area (Å²) in [6.07, 6.45) is 0. The fourth-order valence-corrected chi connectivity index (χ4v) is 2.56. The van der Waals surface area contributed by atoms with Gasteiger partial charge in [0.25, 0.3) is 5.91 Å². The van der Waals surface area contributed by atoms with Crippen LogP contribution in [-0.2, 0) is 4.79 Å². The molecule has 0 bridgehead atoms. The Labute approximate surface area is 148 Å². The van der Waals surface area contributed by atoms with E-state index in [0.29, 0.717) is 43.2 Å². The second-order valence-electron chi connectivity index (χ2n) is 5.47. The lowest BCUT2D eigenvalue weighted by atomic mass is 10.1. The van der Waals surface area contributed by atoms with E-state index in [4.69, 9.17) is 15.2 Å². The van der Waals surface area contributed by atoms with Crippen molar-refractivity contribution in [2.75, 3.05) is 40.4 Å². The van der Waals surface area contributed by atoms with Crippen LogP contribution in [0.5, 0.6) is 11.5 Å². The van der Waals surface area contributed by atoms with Gasteiger partial charge in [-0.25, -0.2) is 0 Å². The first-order valence-corrected chi connectivity index (χ1v) is 7.53. The van der Waals surface area contributed by atoms with Crippen LogP contribution in [0.15, 0.2) is 18.2 Å². The Kier molecular flexibility index (Phi) is 7.31. The van der Waals surface area contributed by atoms with E-state index in [1.807, 2.05) is 0 Å². The average Bonchev–Trinajstić information content (AvgIpc) is 2.59. The number of carbonyl (C=O) groups is 2. The Hall–Kier alpha value is -1.99. The predicted molar refractivity (Wildman–Crippen MR) is 92.9 cm³/mol. The van der Waals surface area contributed by atoms with Crippen LogP contribution in [0.3, 0.4) is 0 Å². The highest BCUT2D eigenvalue weighted by Crippen LogP contribution is 2.26. The molecule has 0 spiro atoms. The minimum Gasteiger partial charge on any atom is -0.497 e. The number of nitrogens with zero attached hydrogens (tertiary/aromatic N) is 2. The summed E-state index contributed by atoms with van der Waals surface area (Å²) in [7, 11) is 3.08. The molecule has 1 aromatic rings. The van der Waals surface area contributed by atoms with Gasteiger partial charge in [-0.05, 0) is 19.1 Å². The Morgan fingerprint density at radius 3 is 2.17 bits per heavy atom. The van der Waals surface area contributed by atoms with Crippen LogP contribution in [0.4, 0.5) is 0 Å². The number of piperazine rings is 1. The first-order valence-electron chi connectivity index (χ1n) is 7.53. The molecule has 7 nitrogen and oxygen atoms in total. The van der Waals surface area contributed by atoms with Gasteiger partial charge in [-0.15, -0.1) is 12.4 Å². The zero-order chi connectivity index (χ0) is 17.0. The quantitative estimate of drug-likeness (QED) is 0.859. The standard InChI is InChI=1S/C16H23N3O4.ClH/c1-11(17)15(20)18-6-8-19(9-7-18)16(21)13-5-4-12(22-2)10-14(13)23-3;/h4-5,10-11H,6-9,17H2,1-3H3;1H/t11-;/m0./s1. The summed E-state index contributed by atoms with van der Waals surface area (Å²) in [6, 6.07) is 4.59. The highest BCUT2D eigenvalue weighted by Gasteiger charge is 2.27. The van der Waals surface area contributed by atoms with Crippen LogP contribution in [0.1, 0.15) is 17.3 Å². The molecule has 2 rings (SSSR count). The Balaban J connectivity index is 0.00000288. The monoisotopic (exact) mass is 357 g/mol. The number of methoxy groups -OCH3 is 2. The maximum absolute atomic E-state index is 12.7. The zero-order valence-corrected chi connectivity index (χ0v) is 15.0. The van der Waals surface area contributed by atoms with Crippen LogP contribution in [-0.4, -0.2) is 68.1 Å². The van der Waals surface area contributed by atoms with E-state index in [9.17, 15) is 9.59 Å². The van der Waals surface area contributed by atoms with Gasteiger partial charge in [0.1, 0.15) is 11.5 Å². The van der Waals surface area contributed by atoms with Crippen molar-refractivity contribution < 1.29 is 19.1 Å². The van der Waals surface area contributed by atoms with Gasteiger partial charge in [-0.1, -0.05) is 0 Å². The van der Waals surface area contributed by atoms with Crippen LogP contribution in [0.2, 0.25) is 0 Å². The minimum atomic E-state index is -0.515. The number of rotatable bonds is 4. The molecule has 2 amide bonds. The highest BCUT2D eigenvalue weighted by molar-refractivity contribution is 5.97. The lowest BCUT2D eigenvalue weighted by Gasteiger charge is -2.35. The lowest BCUT2D eigenvalue weighted by Crippen LogP contribution is -2.53. The molecule has 0 radical (unpaired) electrons. The number of ether oxygens (including phenoxy) is 2. The van der Waals surface area contributed by atoms with Crippen LogP contribution < -0.4 is 15.2 Å². The summed E-state index contributed by atoms with van der Waals surface area (Å²) in [5.41, 5.74) is 6.10. The molecule has 0 saturated carbocycles. The third-order valence-electron chi connectivity index (χ3n) is 3.91. The smallest absolute Gasteiger partial charge is 0.257 e. The summed E-state index contributed by atoms with van der Waals surface area (Å²) in [4.78, 5) is 28.0. The van der Waals surface area contributed by atoms with E-state index in [-0.39, 0.29) is 24.2 Å². The molecular weight excluding hydrogens is 334 g/mol. The van der Waals surface area contributed by atoms with Gasteiger partial charge >= 0.3 is 0 Å². The van der Waals surface area contributed by atoms with Crippen molar-refractivity contribution in [1.29, 1.82) is 0 Å². The third-order valence-corrected chi connectivity index (χ3v) is 3.91. The molecule has 1 heterocycles. The molecule has 1 aromatic carbocycles. The molecule has 24 heavy (non-hydrogen) atoms. The summed E-state index contributed by atoms with van der Waals surface area (Å²) in [5.74, 6) is 0.908. The third kappa shape index (κ3) is 4.30. The maximum atomic E-state index is 12.7. The van der Waals surface area contributed by atoms with Gasteiger partial charge < -0.3 is 25.0 Å². The van der Waals surface area contributed by atoms with E-state index in [0.717, 1.165) is 0 Å². The fraction of sp³-hybridized carbons (Fsp3) is 0.500. The number of hydrogen-bond donors (Lipinski definition) is 1. The molecular formula is C16H24ClN3O4. The van der Waals surface area contributed by atoms with Crippen molar-refractivity contribution >= 4 is 24.2 Å². The molecule has 1 saturated heterocycles. The lowest BCUT2D eigenvalue weighted by molar-refractivity contribution is -0.133. The van der Waals surface area contributed by atoms with Crippen LogP contribution in [0.25, 0.3) is 0 Å². The number of hydrogen-bond acceptors (Lipinski definition) is 5. The largest absolute Gasteiger partial charge is 0.497 e. The van der Waals surface area contributed by atoms with E-state index in [1.54, 1.807) is 42.0 Å². The molecule has 0 aromatic heterocycles. The van der Waals surface area contributed by atoms with Gasteiger partial charge in [0.15, 0.2) is 0 Å². The summed E-state index contributed by atoms with van der Waals surface area (Å²) >= 11 is 0. The van der Waals surface area contributed by atoms with Crippen LogP contribution >= 0.6 is 12.4 Å². The van der Waals surface area contributed by atoms with Crippen molar-refractivity contribution in [3.8, 4) is 11.5 Å². The van der Waals surface area contributed by atoms with Crippen molar-refractivity contribution in [3.05, 3.63) is 23.8 Å². The summed E-state index contributed by atoms with van der Waals surface area (Å²) in [5, 5.41) is 0. The molecule has 1 aliphatic heterocycles.